The summed E-state index contributed by atoms with van der Waals surface area (Å²) in [7, 11) is -0.779. The van der Waals surface area contributed by atoms with Crippen LogP contribution in [0.1, 0.15) is 26.7 Å². The Morgan fingerprint density at radius 3 is 2.86 bits per heavy atom. The second-order valence-electron chi connectivity index (χ2n) is 4.99. The molecule has 0 aliphatic heterocycles. The van der Waals surface area contributed by atoms with E-state index in [4.69, 9.17) is 0 Å². The van der Waals surface area contributed by atoms with Crippen LogP contribution in [-0.2, 0) is 10.8 Å². The molecule has 0 aromatic carbocycles. The van der Waals surface area contributed by atoms with Gasteiger partial charge in [-0.1, -0.05) is 13.8 Å². The molecule has 21 heavy (non-hydrogen) atoms. The van der Waals surface area contributed by atoms with Crippen molar-refractivity contribution in [3.63, 3.8) is 0 Å². The molecular formula is C14H22N4OS2. The minimum atomic E-state index is -0.779. The van der Waals surface area contributed by atoms with Crippen molar-refractivity contribution in [2.24, 2.45) is 0 Å². The van der Waals surface area contributed by atoms with E-state index in [0.29, 0.717) is 5.95 Å². The fraction of sp³-hybridized carbons (Fsp3) is 0.571. The maximum atomic E-state index is 11.4. The number of nitrogens with zero attached hydrogens (tertiary/aromatic N) is 2. The predicted octanol–water partition coefficient (Wildman–Crippen LogP) is 3.08. The summed E-state index contributed by atoms with van der Waals surface area (Å²) < 4.78 is 11.4. The fourth-order valence-electron chi connectivity index (χ4n) is 1.87. The summed E-state index contributed by atoms with van der Waals surface area (Å²) in [6, 6.07) is 2.04. The third-order valence-electron chi connectivity index (χ3n) is 3.27. The second-order valence-corrected chi connectivity index (χ2v) is 7.68. The van der Waals surface area contributed by atoms with E-state index in [2.05, 4.69) is 27.5 Å². The molecular weight excluding hydrogens is 304 g/mol. The van der Waals surface area contributed by atoms with Crippen molar-refractivity contribution in [1.82, 2.24) is 9.97 Å². The summed E-state index contributed by atoms with van der Waals surface area (Å²) in [4.78, 5) is 10.0. The highest BCUT2D eigenvalue weighted by Gasteiger charge is 2.10. The van der Waals surface area contributed by atoms with Gasteiger partial charge in [-0.05, 0) is 24.3 Å². The first-order valence-electron chi connectivity index (χ1n) is 7.17. The first kappa shape index (κ1) is 16.2. The standard InChI is InChI=1S/C14H22N4OS2/c1-4-7-16-14-17-12(11-6-9-20-13(11)18-14)15-8-5-10(2)21(3)19/h6,9-10H,4-5,7-8H2,1-3H3,(H2,15,16,17,18). The van der Waals surface area contributed by atoms with Crippen LogP contribution in [0.5, 0.6) is 0 Å². The van der Waals surface area contributed by atoms with Crippen LogP contribution in [0.25, 0.3) is 10.2 Å². The molecule has 0 aliphatic rings. The Kier molecular flexibility index (Phi) is 5.93. The van der Waals surface area contributed by atoms with Crippen LogP contribution in [-0.4, -0.2) is 38.8 Å². The van der Waals surface area contributed by atoms with Crippen molar-refractivity contribution >= 4 is 44.1 Å². The number of thiophene rings is 1. The van der Waals surface area contributed by atoms with Gasteiger partial charge >= 0.3 is 0 Å². The highest BCUT2D eigenvalue weighted by atomic mass is 32.2. The number of hydrogen-bond donors (Lipinski definition) is 2. The van der Waals surface area contributed by atoms with Crippen molar-refractivity contribution in [2.75, 3.05) is 30.0 Å². The summed E-state index contributed by atoms with van der Waals surface area (Å²) in [6.07, 6.45) is 3.64. The summed E-state index contributed by atoms with van der Waals surface area (Å²) in [5, 5.41) is 9.85. The molecule has 116 valence electrons. The summed E-state index contributed by atoms with van der Waals surface area (Å²) >= 11 is 1.61. The molecule has 0 fully saturated rings. The maximum absolute atomic E-state index is 11.4. The molecule has 0 saturated carbocycles. The van der Waals surface area contributed by atoms with Gasteiger partial charge in [0.25, 0.3) is 0 Å². The highest BCUT2D eigenvalue weighted by molar-refractivity contribution is 7.84. The van der Waals surface area contributed by atoms with Crippen molar-refractivity contribution in [1.29, 1.82) is 0 Å². The van der Waals surface area contributed by atoms with E-state index in [9.17, 15) is 4.21 Å². The van der Waals surface area contributed by atoms with Crippen molar-refractivity contribution in [3.05, 3.63) is 11.4 Å². The van der Waals surface area contributed by atoms with Gasteiger partial charge in [0.05, 0.1) is 5.39 Å². The quantitative estimate of drug-likeness (QED) is 0.780. The molecule has 2 unspecified atom stereocenters. The van der Waals surface area contributed by atoms with E-state index in [0.717, 1.165) is 42.0 Å². The number of rotatable bonds is 8. The topological polar surface area (TPSA) is 66.9 Å². The zero-order valence-electron chi connectivity index (χ0n) is 12.7. The summed E-state index contributed by atoms with van der Waals surface area (Å²) in [5.74, 6) is 1.52. The first-order chi connectivity index (χ1) is 10.1. The number of anilines is 2. The van der Waals surface area contributed by atoms with Crippen molar-refractivity contribution in [2.45, 2.75) is 31.9 Å². The molecule has 5 nitrogen and oxygen atoms in total. The Bertz CT molecular complexity index is 614. The molecule has 2 heterocycles. The molecule has 0 spiro atoms. The number of aromatic nitrogens is 2. The van der Waals surface area contributed by atoms with Crippen LogP contribution in [0, 0.1) is 0 Å². The minimum absolute atomic E-state index is 0.190. The number of hydrogen-bond acceptors (Lipinski definition) is 6. The molecule has 2 rings (SSSR count). The van der Waals surface area contributed by atoms with Gasteiger partial charge < -0.3 is 10.6 Å². The minimum Gasteiger partial charge on any atom is -0.369 e. The Morgan fingerprint density at radius 1 is 1.33 bits per heavy atom. The van der Waals surface area contributed by atoms with E-state index in [1.807, 2.05) is 18.4 Å². The van der Waals surface area contributed by atoms with Gasteiger partial charge in [0.1, 0.15) is 10.6 Å². The molecule has 7 heteroatoms. The predicted molar refractivity (Wildman–Crippen MR) is 92.8 cm³/mol. The largest absolute Gasteiger partial charge is 0.369 e. The lowest BCUT2D eigenvalue weighted by Gasteiger charge is -2.11. The lowest BCUT2D eigenvalue weighted by atomic mass is 10.3. The van der Waals surface area contributed by atoms with Gasteiger partial charge in [-0.2, -0.15) is 4.98 Å². The zero-order valence-corrected chi connectivity index (χ0v) is 14.3. The van der Waals surface area contributed by atoms with Crippen LogP contribution < -0.4 is 10.6 Å². The normalized spacial score (nSPS) is 14.0. The van der Waals surface area contributed by atoms with E-state index in [1.165, 1.54) is 0 Å². The molecule has 2 aromatic heterocycles. The molecule has 0 bridgehead atoms. The van der Waals surface area contributed by atoms with Crippen molar-refractivity contribution in [3.8, 4) is 0 Å². The fourth-order valence-corrected chi connectivity index (χ4v) is 3.08. The molecule has 0 aliphatic carbocycles. The van der Waals surface area contributed by atoms with E-state index in [-0.39, 0.29) is 5.25 Å². The smallest absolute Gasteiger partial charge is 0.226 e. The van der Waals surface area contributed by atoms with Crippen LogP contribution in [0.15, 0.2) is 11.4 Å². The average molecular weight is 326 g/mol. The summed E-state index contributed by atoms with van der Waals surface area (Å²) in [5.41, 5.74) is 0. The lowest BCUT2D eigenvalue weighted by molar-refractivity contribution is 0.672. The average Bonchev–Trinajstić information content (AvgIpc) is 2.93. The van der Waals surface area contributed by atoms with Crippen LogP contribution in [0.3, 0.4) is 0 Å². The Labute approximate surface area is 132 Å². The van der Waals surface area contributed by atoms with Gasteiger partial charge in [0.15, 0.2) is 0 Å². The SMILES string of the molecule is CCCNc1nc(NCCC(C)S(C)=O)c2ccsc2n1. The van der Waals surface area contributed by atoms with Gasteiger partial charge in [0, 0.05) is 35.4 Å². The van der Waals surface area contributed by atoms with Crippen molar-refractivity contribution < 1.29 is 4.21 Å². The van der Waals surface area contributed by atoms with Gasteiger partial charge in [-0.15, -0.1) is 11.3 Å². The molecule has 2 N–H and O–H groups in total. The summed E-state index contributed by atoms with van der Waals surface area (Å²) in [6.45, 7) is 5.74. The third kappa shape index (κ3) is 4.38. The monoisotopic (exact) mass is 326 g/mol. The van der Waals surface area contributed by atoms with Gasteiger partial charge in [0.2, 0.25) is 5.95 Å². The molecule has 2 atom stereocenters. The molecule has 0 saturated heterocycles. The number of fused-ring (bicyclic) bond motifs is 1. The maximum Gasteiger partial charge on any atom is 0.226 e. The second kappa shape index (κ2) is 7.70. The van der Waals surface area contributed by atoms with Gasteiger partial charge in [-0.25, -0.2) is 4.98 Å². The zero-order chi connectivity index (χ0) is 15.2. The van der Waals surface area contributed by atoms with Crippen LogP contribution >= 0.6 is 11.3 Å². The molecule has 2 aromatic rings. The lowest BCUT2D eigenvalue weighted by Crippen LogP contribution is -2.16. The Morgan fingerprint density at radius 2 is 2.14 bits per heavy atom. The van der Waals surface area contributed by atoms with Crippen LogP contribution in [0.4, 0.5) is 11.8 Å². The van der Waals surface area contributed by atoms with E-state index < -0.39 is 10.8 Å². The Hall–Kier alpha value is -1.21. The third-order valence-corrected chi connectivity index (χ3v) is 5.44. The highest BCUT2D eigenvalue weighted by Crippen LogP contribution is 2.26. The molecule has 0 amide bonds. The first-order valence-corrected chi connectivity index (χ1v) is 9.67. The van der Waals surface area contributed by atoms with E-state index >= 15 is 0 Å². The van der Waals surface area contributed by atoms with E-state index in [1.54, 1.807) is 17.6 Å². The van der Waals surface area contributed by atoms with Crippen LogP contribution in [0.2, 0.25) is 0 Å². The Balaban J connectivity index is 2.09. The molecule has 0 radical (unpaired) electrons. The van der Waals surface area contributed by atoms with Gasteiger partial charge in [-0.3, -0.25) is 4.21 Å². The number of nitrogens with one attached hydrogen (secondary N) is 2.